The predicted molar refractivity (Wildman–Crippen MR) is 116 cm³/mol. The van der Waals surface area contributed by atoms with E-state index in [1.807, 2.05) is 84.3 Å². The zero-order valence-electron chi connectivity index (χ0n) is 16.1. The van der Waals surface area contributed by atoms with Gasteiger partial charge in [-0.3, -0.25) is 9.20 Å². The van der Waals surface area contributed by atoms with E-state index in [0.29, 0.717) is 17.3 Å². The van der Waals surface area contributed by atoms with Gasteiger partial charge in [0.2, 0.25) is 5.91 Å². The van der Waals surface area contributed by atoms with Crippen LogP contribution in [0.1, 0.15) is 16.5 Å². The molecule has 0 aliphatic heterocycles. The fraction of sp³-hybridized carbons (Fsp3) is 0.130. The van der Waals surface area contributed by atoms with Gasteiger partial charge < -0.3 is 10.1 Å². The van der Waals surface area contributed by atoms with Gasteiger partial charge in [0.1, 0.15) is 28.3 Å². The number of carbonyl (C=O) groups excluding carboxylic acids is 1. The first-order chi connectivity index (χ1) is 14.1. The third-order valence-electron chi connectivity index (χ3n) is 4.69. The van der Waals surface area contributed by atoms with Crippen LogP contribution in [0.5, 0.6) is 5.75 Å². The van der Waals surface area contributed by atoms with Crippen LogP contribution in [0.2, 0.25) is 0 Å². The van der Waals surface area contributed by atoms with Crippen LogP contribution in [0.3, 0.4) is 0 Å². The molecule has 0 saturated carbocycles. The van der Waals surface area contributed by atoms with Crippen LogP contribution in [-0.2, 0) is 4.79 Å². The first-order valence-electron chi connectivity index (χ1n) is 9.20. The van der Waals surface area contributed by atoms with E-state index < -0.39 is 5.38 Å². The van der Waals surface area contributed by atoms with Crippen molar-refractivity contribution in [3.8, 4) is 17.0 Å². The van der Waals surface area contributed by atoms with E-state index in [1.165, 1.54) is 0 Å². The second-order valence-corrected chi connectivity index (χ2v) is 7.14. The van der Waals surface area contributed by atoms with Crippen molar-refractivity contribution in [2.24, 2.45) is 0 Å². The molecule has 6 heteroatoms. The summed E-state index contributed by atoms with van der Waals surface area (Å²) in [6.45, 7) is 1.99. The number of nitrogens with one attached hydrogen (secondary N) is 1. The standard InChI is InChI=1S/C23H20ClN3O2/c1-15-12-13-19-25-21(17-10-6-7-11-18(17)29-2)22(27(19)14-15)26-23(28)20(24)16-8-4-3-5-9-16/h3-14,20H,1-2H3,(H,26,28)/t20-/m0/s1. The molecule has 1 N–H and O–H groups in total. The highest BCUT2D eigenvalue weighted by Gasteiger charge is 2.23. The summed E-state index contributed by atoms with van der Waals surface area (Å²) in [7, 11) is 1.61. The summed E-state index contributed by atoms with van der Waals surface area (Å²) in [5.74, 6) is 0.908. The molecule has 1 atom stereocenters. The van der Waals surface area contributed by atoms with Gasteiger partial charge in [0, 0.05) is 11.8 Å². The number of imidazole rings is 1. The number of anilines is 1. The fourth-order valence-electron chi connectivity index (χ4n) is 3.25. The van der Waals surface area contributed by atoms with E-state index in [-0.39, 0.29) is 5.91 Å². The molecular weight excluding hydrogens is 386 g/mol. The zero-order chi connectivity index (χ0) is 20.4. The maximum atomic E-state index is 13.0. The lowest BCUT2D eigenvalue weighted by Crippen LogP contribution is -2.19. The zero-order valence-corrected chi connectivity index (χ0v) is 16.9. The molecule has 4 rings (SSSR count). The number of ether oxygens (including phenoxy) is 1. The van der Waals surface area contributed by atoms with Crippen LogP contribution in [0.4, 0.5) is 5.82 Å². The number of alkyl halides is 1. The monoisotopic (exact) mass is 405 g/mol. The number of aromatic nitrogens is 2. The molecule has 4 aromatic rings. The Morgan fingerprint density at radius 3 is 2.55 bits per heavy atom. The fourth-order valence-corrected chi connectivity index (χ4v) is 3.45. The van der Waals surface area contributed by atoms with Crippen LogP contribution < -0.4 is 10.1 Å². The van der Waals surface area contributed by atoms with E-state index in [4.69, 9.17) is 21.3 Å². The Morgan fingerprint density at radius 2 is 1.79 bits per heavy atom. The molecule has 0 saturated heterocycles. The Bertz CT molecular complexity index is 1170. The third-order valence-corrected chi connectivity index (χ3v) is 5.14. The summed E-state index contributed by atoms with van der Waals surface area (Å²) in [5, 5.41) is 2.16. The average molecular weight is 406 g/mol. The molecule has 2 aromatic heterocycles. The van der Waals surface area contributed by atoms with Crippen LogP contribution in [0, 0.1) is 6.92 Å². The lowest BCUT2D eigenvalue weighted by molar-refractivity contribution is -0.116. The molecule has 0 radical (unpaired) electrons. The van der Waals surface area contributed by atoms with E-state index in [0.717, 1.165) is 22.3 Å². The Morgan fingerprint density at radius 1 is 1.07 bits per heavy atom. The van der Waals surface area contributed by atoms with Crippen LogP contribution in [-0.4, -0.2) is 22.4 Å². The van der Waals surface area contributed by atoms with E-state index >= 15 is 0 Å². The van der Waals surface area contributed by atoms with Gasteiger partial charge in [-0.25, -0.2) is 4.98 Å². The second kappa shape index (κ2) is 7.97. The number of pyridine rings is 1. The van der Waals surface area contributed by atoms with Crippen LogP contribution >= 0.6 is 11.6 Å². The number of para-hydroxylation sites is 1. The number of fused-ring (bicyclic) bond motifs is 1. The Kier molecular flexibility index (Phi) is 5.23. The van der Waals surface area contributed by atoms with Crippen molar-refractivity contribution in [1.29, 1.82) is 0 Å². The molecule has 0 spiro atoms. The smallest absolute Gasteiger partial charge is 0.248 e. The number of hydrogen-bond donors (Lipinski definition) is 1. The SMILES string of the molecule is COc1ccccc1-c1nc2ccc(C)cn2c1NC(=O)[C@@H](Cl)c1ccccc1. The number of carbonyl (C=O) groups is 1. The highest BCUT2D eigenvalue weighted by molar-refractivity contribution is 6.32. The number of amides is 1. The summed E-state index contributed by atoms with van der Waals surface area (Å²) in [6, 6.07) is 20.7. The van der Waals surface area contributed by atoms with Crippen LogP contribution in [0.25, 0.3) is 16.9 Å². The number of aryl methyl sites for hydroxylation is 1. The molecule has 2 aromatic carbocycles. The summed E-state index contributed by atoms with van der Waals surface area (Å²) in [4.78, 5) is 17.7. The van der Waals surface area contributed by atoms with Crippen molar-refractivity contribution in [2.45, 2.75) is 12.3 Å². The van der Waals surface area contributed by atoms with Gasteiger partial charge in [0.05, 0.1) is 7.11 Å². The summed E-state index contributed by atoms with van der Waals surface area (Å²) in [6.07, 6.45) is 1.93. The molecule has 29 heavy (non-hydrogen) atoms. The molecule has 0 unspecified atom stereocenters. The number of methoxy groups -OCH3 is 1. The lowest BCUT2D eigenvalue weighted by atomic mass is 10.1. The minimum absolute atomic E-state index is 0.322. The third kappa shape index (κ3) is 3.69. The Balaban J connectivity index is 1.82. The average Bonchev–Trinajstić information content (AvgIpc) is 3.11. The van der Waals surface area contributed by atoms with Gasteiger partial charge in [-0.2, -0.15) is 0 Å². The minimum Gasteiger partial charge on any atom is -0.496 e. The molecule has 0 bridgehead atoms. The first-order valence-corrected chi connectivity index (χ1v) is 9.64. The van der Waals surface area contributed by atoms with Crippen molar-refractivity contribution >= 4 is 29.0 Å². The number of halogens is 1. The van der Waals surface area contributed by atoms with Gasteiger partial charge in [-0.1, -0.05) is 48.5 Å². The van der Waals surface area contributed by atoms with Crippen LogP contribution in [0.15, 0.2) is 72.9 Å². The van der Waals surface area contributed by atoms with Crippen molar-refractivity contribution < 1.29 is 9.53 Å². The highest BCUT2D eigenvalue weighted by atomic mass is 35.5. The number of rotatable bonds is 5. The van der Waals surface area contributed by atoms with Gasteiger partial charge >= 0.3 is 0 Å². The number of benzene rings is 2. The topological polar surface area (TPSA) is 55.6 Å². The van der Waals surface area contributed by atoms with E-state index in [1.54, 1.807) is 7.11 Å². The number of hydrogen-bond acceptors (Lipinski definition) is 3. The van der Waals surface area contributed by atoms with Gasteiger partial charge in [0.25, 0.3) is 0 Å². The Labute approximate surface area is 173 Å². The van der Waals surface area contributed by atoms with Gasteiger partial charge in [0.15, 0.2) is 0 Å². The first kappa shape index (κ1) is 19.0. The van der Waals surface area contributed by atoms with Crippen molar-refractivity contribution in [3.63, 3.8) is 0 Å². The molecule has 5 nitrogen and oxygen atoms in total. The predicted octanol–water partition coefficient (Wildman–Crippen LogP) is 5.24. The van der Waals surface area contributed by atoms with Gasteiger partial charge in [-0.05, 0) is 36.2 Å². The maximum Gasteiger partial charge on any atom is 0.248 e. The van der Waals surface area contributed by atoms with Gasteiger partial charge in [-0.15, -0.1) is 11.6 Å². The maximum absolute atomic E-state index is 13.0. The largest absolute Gasteiger partial charge is 0.496 e. The minimum atomic E-state index is -0.822. The lowest BCUT2D eigenvalue weighted by Gasteiger charge is -2.13. The summed E-state index contributed by atoms with van der Waals surface area (Å²) < 4.78 is 7.37. The molecular formula is C23H20ClN3O2. The Hall–Kier alpha value is -3.31. The van der Waals surface area contributed by atoms with Crippen molar-refractivity contribution in [3.05, 3.63) is 84.1 Å². The number of nitrogens with zero attached hydrogens (tertiary/aromatic N) is 2. The quantitative estimate of drug-likeness (QED) is 0.462. The normalized spacial score (nSPS) is 12.0. The molecule has 2 heterocycles. The van der Waals surface area contributed by atoms with Crippen molar-refractivity contribution in [1.82, 2.24) is 9.38 Å². The molecule has 146 valence electrons. The van der Waals surface area contributed by atoms with Crippen molar-refractivity contribution in [2.75, 3.05) is 12.4 Å². The van der Waals surface area contributed by atoms with E-state index in [9.17, 15) is 4.79 Å². The molecule has 0 aliphatic carbocycles. The second-order valence-electron chi connectivity index (χ2n) is 6.71. The summed E-state index contributed by atoms with van der Waals surface area (Å²) in [5.41, 5.74) is 3.91. The molecule has 0 fully saturated rings. The van der Waals surface area contributed by atoms with E-state index in [2.05, 4.69) is 5.32 Å². The molecule has 0 aliphatic rings. The summed E-state index contributed by atoms with van der Waals surface area (Å²) >= 11 is 6.45. The highest BCUT2D eigenvalue weighted by Crippen LogP contribution is 2.36. The molecule has 1 amide bonds.